The SMILES string of the molecule is COC(=O)C(C)C(NC(=O)C1CNCCO1)c1ccccc1.Cl. The van der Waals surface area contributed by atoms with Crippen molar-refractivity contribution in [3.05, 3.63) is 35.9 Å². The third kappa shape index (κ3) is 5.20. The van der Waals surface area contributed by atoms with Gasteiger partial charge in [-0.3, -0.25) is 9.59 Å². The van der Waals surface area contributed by atoms with Crippen molar-refractivity contribution in [2.75, 3.05) is 26.8 Å². The molecule has 1 aromatic carbocycles. The summed E-state index contributed by atoms with van der Waals surface area (Å²) >= 11 is 0. The summed E-state index contributed by atoms with van der Waals surface area (Å²) in [4.78, 5) is 24.2. The lowest BCUT2D eigenvalue weighted by atomic mass is 9.94. The maximum atomic E-state index is 12.4. The van der Waals surface area contributed by atoms with Crippen molar-refractivity contribution in [2.45, 2.75) is 19.1 Å². The minimum Gasteiger partial charge on any atom is -0.469 e. The molecule has 7 heteroatoms. The molecule has 0 bridgehead atoms. The number of amides is 1. The third-order valence-corrected chi connectivity index (χ3v) is 3.75. The first-order valence-electron chi connectivity index (χ1n) is 7.39. The first-order chi connectivity index (χ1) is 10.6. The minimum absolute atomic E-state index is 0. The molecule has 0 radical (unpaired) electrons. The van der Waals surface area contributed by atoms with Crippen molar-refractivity contribution in [3.63, 3.8) is 0 Å². The van der Waals surface area contributed by atoms with Crippen LogP contribution in [0.15, 0.2) is 30.3 Å². The molecule has 0 spiro atoms. The molecule has 1 aromatic rings. The van der Waals surface area contributed by atoms with Crippen molar-refractivity contribution in [2.24, 2.45) is 5.92 Å². The van der Waals surface area contributed by atoms with Gasteiger partial charge in [0.05, 0.1) is 25.7 Å². The molecular formula is C16H23ClN2O4. The molecule has 1 aliphatic rings. The van der Waals surface area contributed by atoms with E-state index in [1.165, 1.54) is 7.11 Å². The topological polar surface area (TPSA) is 76.7 Å². The van der Waals surface area contributed by atoms with Crippen molar-refractivity contribution < 1.29 is 19.1 Å². The summed E-state index contributed by atoms with van der Waals surface area (Å²) in [7, 11) is 1.34. The van der Waals surface area contributed by atoms with Gasteiger partial charge in [0.1, 0.15) is 6.10 Å². The van der Waals surface area contributed by atoms with E-state index in [2.05, 4.69) is 10.6 Å². The lowest BCUT2D eigenvalue weighted by Gasteiger charge is -2.28. The Morgan fingerprint density at radius 2 is 2.04 bits per heavy atom. The lowest BCUT2D eigenvalue weighted by molar-refractivity contribution is -0.146. The Hall–Kier alpha value is -1.63. The second-order valence-corrected chi connectivity index (χ2v) is 5.27. The molecule has 1 amide bonds. The fourth-order valence-corrected chi connectivity index (χ4v) is 2.46. The Morgan fingerprint density at radius 3 is 2.61 bits per heavy atom. The summed E-state index contributed by atoms with van der Waals surface area (Å²) in [5.41, 5.74) is 0.859. The molecule has 0 aromatic heterocycles. The molecule has 1 aliphatic heterocycles. The smallest absolute Gasteiger partial charge is 0.310 e. The number of hydrogen-bond acceptors (Lipinski definition) is 5. The van der Waals surface area contributed by atoms with Crippen LogP contribution >= 0.6 is 12.4 Å². The Morgan fingerprint density at radius 1 is 1.35 bits per heavy atom. The van der Waals surface area contributed by atoms with Crippen LogP contribution in [0.1, 0.15) is 18.5 Å². The predicted octanol–water partition coefficient (Wildman–Crippen LogP) is 1.06. The highest BCUT2D eigenvalue weighted by Gasteiger charge is 2.31. The maximum absolute atomic E-state index is 12.4. The zero-order valence-electron chi connectivity index (χ0n) is 13.3. The number of benzene rings is 1. The fourth-order valence-electron chi connectivity index (χ4n) is 2.46. The molecule has 3 unspecified atom stereocenters. The van der Waals surface area contributed by atoms with Gasteiger partial charge < -0.3 is 20.1 Å². The van der Waals surface area contributed by atoms with E-state index in [1.54, 1.807) is 6.92 Å². The van der Waals surface area contributed by atoms with E-state index in [4.69, 9.17) is 9.47 Å². The Balaban J connectivity index is 0.00000264. The van der Waals surface area contributed by atoms with Crippen molar-refractivity contribution in [1.29, 1.82) is 0 Å². The Bertz CT molecular complexity index is 506. The highest BCUT2D eigenvalue weighted by atomic mass is 35.5. The quantitative estimate of drug-likeness (QED) is 0.783. The van der Waals surface area contributed by atoms with Crippen LogP contribution in [0.4, 0.5) is 0 Å². The van der Waals surface area contributed by atoms with Crippen LogP contribution in [0.3, 0.4) is 0 Å². The van der Waals surface area contributed by atoms with Crippen LogP contribution in [0.5, 0.6) is 0 Å². The van der Waals surface area contributed by atoms with Gasteiger partial charge in [0.2, 0.25) is 0 Å². The van der Waals surface area contributed by atoms with E-state index in [-0.39, 0.29) is 24.3 Å². The molecule has 1 saturated heterocycles. The Labute approximate surface area is 142 Å². The highest BCUT2D eigenvalue weighted by Crippen LogP contribution is 2.23. The Kier molecular flexibility index (Phi) is 8.02. The molecule has 0 saturated carbocycles. The summed E-state index contributed by atoms with van der Waals surface area (Å²) in [6.07, 6.45) is -0.537. The first kappa shape index (κ1) is 19.4. The van der Waals surface area contributed by atoms with Gasteiger partial charge in [0, 0.05) is 13.1 Å². The monoisotopic (exact) mass is 342 g/mol. The first-order valence-corrected chi connectivity index (χ1v) is 7.39. The van der Waals surface area contributed by atoms with Crippen LogP contribution in [0.25, 0.3) is 0 Å². The van der Waals surface area contributed by atoms with E-state index in [1.807, 2.05) is 30.3 Å². The molecule has 3 atom stereocenters. The molecule has 2 N–H and O–H groups in total. The van der Waals surface area contributed by atoms with Gasteiger partial charge >= 0.3 is 5.97 Å². The van der Waals surface area contributed by atoms with Crippen LogP contribution in [0, 0.1) is 5.92 Å². The molecule has 1 heterocycles. The largest absolute Gasteiger partial charge is 0.469 e. The minimum atomic E-state index is -0.537. The summed E-state index contributed by atoms with van der Waals surface area (Å²) in [6.45, 7) is 3.45. The average molecular weight is 343 g/mol. The van der Waals surface area contributed by atoms with Crippen molar-refractivity contribution in [1.82, 2.24) is 10.6 Å². The van der Waals surface area contributed by atoms with E-state index in [0.717, 1.165) is 12.1 Å². The van der Waals surface area contributed by atoms with E-state index >= 15 is 0 Å². The fraction of sp³-hybridized carbons (Fsp3) is 0.500. The van der Waals surface area contributed by atoms with Gasteiger partial charge in [0.15, 0.2) is 0 Å². The highest BCUT2D eigenvalue weighted by molar-refractivity contribution is 5.85. The molecule has 23 heavy (non-hydrogen) atoms. The molecule has 2 rings (SSSR count). The van der Waals surface area contributed by atoms with E-state index in [9.17, 15) is 9.59 Å². The van der Waals surface area contributed by atoms with Gasteiger partial charge in [0.25, 0.3) is 5.91 Å². The molecular weight excluding hydrogens is 320 g/mol. The van der Waals surface area contributed by atoms with E-state index in [0.29, 0.717) is 13.2 Å². The van der Waals surface area contributed by atoms with Gasteiger partial charge in [-0.25, -0.2) is 0 Å². The number of carbonyl (C=O) groups is 2. The number of nitrogens with one attached hydrogen (secondary N) is 2. The second kappa shape index (κ2) is 9.50. The van der Waals surface area contributed by atoms with Gasteiger partial charge in [-0.2, -0.15) is 0 Å². The predicted molar refractivity (Wildman–Crippen MR) is 88.4 cm³/mol. The normalized spacial score (nSPS) is 19.8. The van der Waals surface area contributed by atoms with Gasteiger partial charge in [-0.05, 0) is 12.5 Å². The van der Waals surface area contributed by atoms with Crippen molar-refractivity contribution in [3.8, 4) is 0 Å². The molecule has 0 aliphatic carbocycles. The molecule has 1 fully saturated rings. The lowest BCUT2D eigenvalue weighted by Crippen LogP contribution is -2.49. The number of halogens is 1. The molecule has 128 valence electrons. The van der Waals surface area contributed by atoms with Crippen LogP contribution in [-0.2, 0) is 19.1 Å². The maximum Gasteiger partial charge on any atom is 0.310 e. The number of rotatable bonds is 5. The van der Waals surface area contributed by atoms with Crippen LogP contribution in [-0.4, -0.2) is 44.8 Å². The average Bonchev–Trinajstić information content (AvgIpc) is 2.59. The summed E-state index contributed by atoms with van der Waals surface area (Å²) in [5.74, 6) is -1.08. The number of hydrogen-bond donors (Lipinski definition) is 2. The van der Waals surface area contributed by atoms with Crippen molar-refractivity contribution >= 4 is 24.3 Å². The summed E-state index contributed by atoms with van der Waals surface area (Å²) in [6, 6.07) is 8.94. The number of methoxy groups -OCH3 is 1. The number of carbonyl (C=O) groups excluding carboxylic acids is 2. The van der Waals surface area contributed by atoms with Crippen LogP contribution < -0.4 is 10.6 Å². The zero-order chi connectivity index (χ0) is 15.9. The summed E-state index contributed by atoms with van der Waals surface area (Å²) < 4.78 is 10.3. The third-order valence-electron chi connectivity index (χ3n) is 3.75. The standard InChI is InChI=1S/C16H22N2O4.ClH/c1-11(16(20)21-2)14(12-6-4-3-5-7-12)18-15(19)13-10-17-8-9-22-13;/h3-7,11,13-14,17H,8-10H2,1-2H3,(H,18,19);1H. The van der Waals surface area contributed by atoms with Gasteiger partial charge in [-0.1, -0.05) is 30.3 Å². The number of ether oxygens (including phenoxy) is 2. The zero-order valence-corrected chi connectivity index (χ0v) is 14.1. The number of morpholine rings is 1. The number of esters is 1. The second-order valence-electron chi connectivity index (χ2n) is 5.27. The molecule has 6 nitrogen and oxygen atoms in total. The summed E-state index contributed by atoms with van der Waals surface area (Å²) in [5, 5.41) is 6.03. The van der Waals surface area contributed by atoms with Crippen LogP contribution in [0.2, 0.25) is 0 Å². The van der Waals surface area contributed by atoms with Gasteiger partial charge in [-0.15, -0.1) is 12.4 Å². The van der Waals surface area contributed by atoms with E-state index < -0.39 is 18.1 Å².